The molecule has 0 aliphatic carbocycles. The van der Waals surface area contributed by atoms with E-state index in [0.29, 0.717) is 12.3 Å². The first kappa shape index (κ1) is 12.4. The van der Waals surface area contributed by atoms with Crippen molar-refractivity contribution < 1.29 is 17.6 Å². The summed E-state index contributed by atoms with van der Waals surface area (Å²) < 4.78 is 42.6. The summed E-state index contributed by atoms with van der Waals surface area (Å²) in [4.78, 5) is 3.56. The SMILES string of the molecule is Cc1oc(CC2CCNCC2)nc1C(F)(F)F. The first-order chi connectivity index (χ1) is 7.97. The Morgan fingerprint density at radius 1 is 1.35 bits per heavy atom. The molecule has 1 aliphatic heterocycles. The predicted molar refractivity (Wildman–Crippen MR) is 55.5 cm³/mol. The number of nitrogens with one attached hydrogen (secondary N) is 1. The zero-order chi connectivity index (χ0) is 12.5. The van der Waals surface area contributed by atoms with Crippen LogP contribution in [0, 0.1) is 12.8 Å². The second-order valence-corrected chi connectivity index (χ2v) is 4.41. The van der Waals surface area contributed by atoms with Crippen molar-refractivity contribution in [1.82, 2.24) is 10.3 Å². The number of hydrogen-bond donors (Lipinski definition) is 1. The fourth-order valence-corrected chi connectivity index (χ4v) is 2.13. The Balaban J connectivity index is 2.06. The highest BCUT2D eigenvalue weighted by atomic mass is 19.4. The van der Waals surface area contributed by atoms with Crippen LogP contribution in [-0.2, 0) is 12.6 Å². The largest absolute Gasteiger partial charge is 0.445 e. The summed E-state index contributed by atoms with van der Waals surface area (Å²) in [7, 11) is 0. The van der Waals surface area contributed by atoms with Crippen LogP contribution >= 0.6 is 0 Å². The van der Waals surface area contributed by atoms with Gasteiger partial charge >= 0.3 is 6.18 Å². The number of aromatic nitrogens is 1. The lowest BCUT2D eigenvalue weighted by Crippen LogP contribution is -2.28. The van der Waals surface area contributed by atoms with E-state index in [0.717, 1.165) is 25.9 Å². The van der Waals surface area contributed by atoms with Gasteiger partial charge in [-0.1, -0.05) is 0 Å². The lowest BCUT2D eigenvalue weighted by Gasteiger charge is -2.20. The number of nitrogens with zero attached hydrogens (tertiary/aromatic N) is 1. The number of aryl methyl sites for hydroxylation is 1. The van der Waals surface area contributed by atoms with Gasteiger partial charge in [-0.25, -0.2) is 4.98 Å². The molecule has 1 saturated heterocycles. The molecule has 0 bridgehead atoms. The molecule has 0 atom stereocenters. The van der Waals surface area contributed by atoms with Crippen LogP contribution in [0.2, 0.25) is 0 Å². The summed E-state index contributed by atoms with van der Waals surface area (Å²) in [6, 6.07) is 0. The highest BCUT2D eigenvalue weighted by Crippen LogP contribution is 2.32. The molecule has 1 fully saturated rings. The van der Waals surface area contributed by atoms with E-state index in [1.54, 1.807) is 0 Å². The number of rotatable bonds is 2. The molecule has 96 valence electrons. The summed E-state index contributed by atoms with van der Waals surface area (Å²) >= 11 is 0. The summed E-state index contributed by atoms with van der Waals surface area (Å²) in [5.74, 6) is 0.443. The summed E-state index contributed by atoms with van der Waals surface area (Å²) in [5, 5.41) is 3.21. The van der Waals surface area contributed by atoms with Crippen molar-refractivity contribution in [2.24, 2.45) is 5.92 Å². The molecule has 0 spiro atoms. The van der Waals surface area contributed by atoms with Gasteiger partial charge in [0.15, 0.2) is 11.6 Å². The molecule has 6 heteroatoms. The maximum Gasteiger partial charge on any atom is 0.436 e. The third kappa shape index (κ3) is 3.00. The predicted octanol–water partition coefficient (Wildman–Crippen LogP) is 2.54. The topological polar surface area (TPSA) is 38.1 Å². The van der Waals surface area contributed by atoms with Crippen molar-refractivity contribution in [1.29, 1.82) is 0 Å². The average molecular weight is 248 g/mol. The molecule has 1 N–H and O–H groups in total. The fraction of sp³-hybridized carbons (Fsp3) is 0.727. The van der Waals surface area contributed by atoms with Crippen molar-refractivity contribution in [2.45, 2.75) is 32.4 Å². The number of piperidine rings is 1. The maximum absolute atomic E-state index is 12.5. The van der Waals surface area contributed by atoms with E-state index in [2.05, 4.69) is 10.3 Å². The number of alkyl halides is 3. The Hall–Kier alpha value is -1.04. The molecule has 3 nitrogen and oxygen atoms in total. The molecule has 1 aliphatic rings. The summed E-state index contributed by atoms with van der Waals surface area (Å²) in [5.41, 5.74) is -0.888. The van der Waals surface area contributed by atoms with Gasteiger partial charge in [-0.3, -0.25) is 0 Å². The third-order valence-electron chi connectivity index (χ3n) is 3.03. The van der Waals surface area contributed by atoms with Gasteiger partial charge in [0.1, 0.15) is 5.76 Å². The van der Waals surface area contributed by atoms with Gasteiger partial charge in [0, 0.05) is 6.42 Å². The minimum Gasteiger partial charge on any atom is -0.445 e. The molecule has 0 radical (unpaired) electrons. The van der Waals surface area contributed by atoms with E-state index < -0.39 is 11.9 Å². The number of halogens is 3. The Labute approximate surface area is 97.4 Å². The summed E-state index contributed by atoms with van der Waals surface area (Å²) in [6.45, 7) is 3.13. The first-order valence-electron chi connectivity index (χ1n) is 5.71. The van der Waals surface area contributed by atoms with Gasteiger partial charge < -0.3 is 9.73 Å². The first-order valence-corrected chi connectivity index (χ1v) is 5.71. The molecule has 2 rings (SSSR count). The highest BCUT2D eigenvalue weighted by molar-refractivity contribution is 5.12. The zero-order valence-corrected chi connectivity index (χ0v) is 9.60. The van der Waals surface area contributed by atoms with Gasteiger partial charge in [0.25, 0.3) is 0 Å². The Bertz CT molecular complexity index is 381. The zero-order valence-electron chi connectivity index (χ0n) is 9.60. The van der Waals surface area contributed by atoms with Crippen molar-refractivity contribution in [3.05, 3.63) is 17.3 Å². The van der Waals surface area contributed by atoms with Gasteiger partial charge in [-0.05, 0) is 38.8 Å². The maximum atomic E-state index is 12.5. The van der Waals surface area contributed by atoms with Crippen LogP contribution in [0.4, 0.5) is 13.2 Å². The van der Waals surface area contributed by atoms with E-state index in [9.17, 15) is 13.2 Å². The highest BCUT2D eigenvalue weighted by Gasteiger charge is 2.37. The van der Waals surface area contributed by atoms with Crippen LogP contribution in [0.3, 0.4) is 0 Å². The van der Waals surface area contributed by atoms with E-state index in [1.807, 2.05) is 0 Å². The number of hydrogen-bond acceptors (Lipinski definition) is 3. The minimum absolute atomic E-state index is 0.138. The van der Waals surface area contributed by atoms with Crippen molar-refractivity contribution in [3.63, 3.8) is 0 Å². The molecule has 1 aromatic rings. The second-order valence-electron chi connectivity index (χ2n) is 4.41. The standard InChI is InChI=1S/C11H15F3N2O/c1-7-10(11(12,13)14)16-9(17-7)6-8-2-4-15-5-3-8/h8,15H,2-6H2,1H3. The Morgan fingerprint density at radius 2 is 2.00 bits per heavy atom. The monoisotopic (exact) mass is 248 g/mol. The average Bonchev–Trinajstić information content (AvgIpc) is 2.60. The molecule has 0 amide bonds. The molecular formula is C11H15F3N2O. The Kier molecular flexibility index (Phi) is 3.42. The van der Waals surface area contributed by atoms with Crippen molar-refractivity contribution >= 4 is 0 Å². The molecule has 17 heavy (non-hydrogen) atoms. The van der Waals surface area contributed by atoms with Gasteiger partial charge in [0.05, 0.1) is 0 Å². The lowest BCUT2D eigenvalue weighted by atomic mass is 9.95. The van der Waals surface area contributed by atoms with Crippen LogP contribution < -0.4 is 5.32 Å². The van der Waals surface area contributed by atoms with Crippen LogP contribution in [0.1, 0.15) is 30.2 Å². The summed E-state index contributed by atoms with van der Waals surface area (Å²) in [6.07, 6.45) is -2.00. The normalized spacial score (nSPS) is 18.6. The van der Waals surface area contributed by atoms with Gasteiger partial charge in [-0.15, -0.1) is 0 Å². The van der Waals surface area contributed by atoms with Crippen LogP contribution in [0.15, 0.2) is 4.42 Å². The van der Waals surface area contributed by atoms with E-state index in [1.165, 1.54) is 6.92 Å². The number of oxazole rings is 1. The van der Waals surface area contributed by atoms with Crippen LogP contribution in [0.25, 0.3) is 0 Å². The van der Waals surface area contributed by atoms with Crippen LogP contribution in [0.5, 0.6) is 0 Å². The molecule has 0 unspecified atom stereocenters. The second kappa shape index (κ2) is 4.68. The van der Waals surface area contributed by atoms with E-state index in [4.69, 9.17) is 4.42 Å². The van der Waals surface area contributed by atoms with E-state index in [-0.39, 0.29) is 11.7 Å². The third-order valence-corrected chi connectivity index (χ3v) is 3.03. The molecule has 0 aromatic carbocycles. The molecule has 1 aromatic heterocycles. The van der Waals surface area contributed by atoms with Gasteiger partial charge in [0.2, 0.25) is 0 Å². The van der Waals surface area contributed by atoms with Crippen molar-refractivity contribution in [3.8, 4) is 0 Å². The van der Waals surface area contributed by atoms with Crippen molar-refractivity contribution in [2.75, 3.05) is 13.1 Å². The molecule has 0 saturated carbocycles. The smallest absolute Gasteiger partial charge is 0.436 e. The molecule has 2 heterocycles. The lowest BCUT2D eigenvalue weighted by molar-refractivity contribution is -0.141. The fourth-order valence-electron chi connectivity index (χ4n) is 2.13. The quantitative estimate of drug-likeness (QED) is 0.874. The van der Waals surface area contributed by atoms with Gasteiger partial charge in [-0.2, -0.15) is 13.2 Å². The molecular weight excluding hydrogens is 233 g/mol. The Morgan fingerprint density at radius 3 is 2.53 bits per heavy atom. The van der Waals surface area contributed by atoms with Crippen LogP contribution in [-0.4, -0.2) is 18.1 Å². The minimum atomic E-state index is -4.42. The van der Waals surface area contributed by atoms with E-state index >= 15 is 0 Å².